The third-order valence-corrected chi connectivity index (χ3v) is 8.82. The lowest BCUT2D eigenvalue weighted by molar-refractivity contribution is 0.0389. The van der Waals surface area contributed by atoms with Crippen LogP contribution < -0.4 is 4.74 Å². The molecular weight excluding hydrogens is 508 g/mol. The minimum atomic E-state index is -0.253. The van der Waals surface area contributed by atoms with Crippen LogP contribution in [0.5, 0.6) is 5.75 Å². The van der Waals surface area contributed by atoms with Gasteiger partial charge in [0.05, 0.1) is 19.4 Å². The Balaban J connectivity index is 0.00000151. The molecule has 0 radical (unpaired) electrons. The summed E-state index contributed by atoms with van der Waals surface area (Å²) >= 11 is -0.253. The van der Waals surface area contributed by atoms with Gasteiger partial charge < -0.3 is 9.84 Å². The summed E-state index contributed by atoms with van der Waals surface area (Å²) < 4.78 is 13.8. The third-order valence-electron chi connectivity index (χ3n) is 7.41. The Hall–Kier alpha value is -2.91. The van der Waals surface area contributed by atoms with Gasteiger partial charge in [-0.15, -0.1) is 0 Å². The predicted molar refractivity (Wildman–Crippen MR) is 158 cm³/mol. The highest BCUT2D eigenvalue weighted by Gasteiger charge is 2.47. The number of aliphatic hydroxyl groups is 1. The average Bonchev–Trinajstić information content (AvgIpc) is 3.58. The largest absolute Gasteiger partial charge is 0.486 e. The second-order valence-corrected chi connectivity index (χ2v) is 11.9. The first kappa shape index (κ1) is 27.6. The predicted octanol–water partition coefficient (Wildman–Crippen LogP) is 5.63. The number of nitrogens with zero attached hydrogens (tertiary/aromatic N) is 4. The van der Waals surface area contributed by atoms with E-state index in [0.717, 1.165) is 83.9 Å². The molecule has 2 fully saturated rings. The van der Waals surface area contributed by atoms with Crippen LogP contribution in [0.1, 0.15) is 39.5 Å². The quantitative estimate of drug-likeness (QED) is 0.289. The molecular formula is C31H39N4O3S+. The van der Waals surface area contributed by atoms with Crippen LogP contribution in [0.3, 0.4) is 0 Å². The minimum absolute atomic E-state index is 0.108. The van der Waals surface area contributed by atoms with E-state index in [4.69, 9.17) is 13.9 Å². The second kappa shape index (κ2) is 12.1. The van der Waals surface area contributed by atoms with E-state index in [1.54, 1.807) is 7.11 Å². The average molecular weight is 548 g/mol. The van der Waals surface area contributed by atoms with Gasteiger partial charge in [-0.1, -0.05) is 38.1 Å². The van der Waals surface area contributed by atoms with Gasteiger partial charge in [0.2, 0.25) is 0 Å². The maximum absolute atomic E-state index is 9.99. The Kier molecular flexibility index (Phi) is 8.57. The van der Waals surface area contributed by atoms with E-state index >= 15 is 0 Å². The van der Waals surface area contributed by atoms with Crippen LogP contribution in [0.2, 0.25) is 0 Å². The lowest BCUT2D eigenvalue weighted by Gasteiger charge is -2.33. The van der Waals surface area contributed by atoms with Crippen LogP contribution >= 0.6 is 0 Å². The molecule has 0 bridgehead atoms. The lowest BCUT2D eigenvalue weighted by atomic mass is 10.1. The zero-order chi connectivity index (χ0) is 27.4. The summed E-state index contributed by atoms with van der Waals surface area (Å²) in [5.74, 6) is 0.889. The van der Waals surface area contributed by atoms with E-state index < -0.39 is 0 Å². The summed E-state index contributed by atoms with van der Waals surface area (Å²) in [6, 6.07) is 16.6. The standard InChI is InChI=1S/C29H33N4O3S.C2H6/c1-35-37(2)26-7-3-5-22(15-26)27-17-31-33-18-23(16-30-28(27)33)21-8-10-25(11-9-21)36-29(12-13-29)20-32-14-4-6-24(34)19-32;1-2/h3,5,7-11,15-18,24,34H,4,6,12-14,19-20H2,1-2H3;1-2H3/q+1;. The van der Waals surface area contributed by atoms with Crippen LogP contribution in [0, 0.1) is 0 Å². The zero-order valence-electron chi connectivity index (χ0n) is 23.3. The van der Waals surface area contributed by atoms with Gasteiger partial charge in [0, 0.05) is 42.7 Å². The van der Waals surface area contributed by atoms with Gasteiger partial charge in [-0.05, 0) is 61.6 Å². The fourth-order valence-electron chi connectivity index (χ4n) is 5.15. The number of likely N-dealkylation sites (tertiary alicyclic amines) is 1. The molecule has 39 heavy (non-hydrogen) atoms. The van der Waals surface area contributed by atoms with Crippen molar-refractivity contribution in [1.82, 2.24) is 19.5 Å². The van der Waals surface area contributed by atoms with Gasteiger partial charge in [0.25, 0.3) is 0 Å². The van der Waals surface area contributed by atoms with Gasteiger partial charge in [-0.25, -0.2) is 9.50 Å². The highest BCUT2D eigenvalue weighted by molar-refractivity contribution is 7.91. The number of aliphatic hydroxyl groups excluding tert-OH is 1. The SMILES string of the molecule is CC.CO[S+](C)c1cccc(-c2cnn3cc(-c4ccc(OC5(CN6CCCC(O)C6)CC5)cc4)cnc23)c1. The maximum Gasteiger partial charge on any atom is 0.190 e. The topological polar surface area (TPSA) is 72.1 Å². The van der Waals surface area contributed by atoms with Crippen molar-refractivity contribution >= 4 is 16.8 Å². The highest BCUT2D eigenvalue weighted by atomic mass is 32.2. The molecule has 6 rings (SSSR count). The first-order valence-corrected chi connectivity index (χ1v) is 15.4. The number of piperidine rings is 1. The molecule has 2 aromatic carbocycles. The number of β-amino-alcohol motifs (C(OH)–C–C–N with tert-alkyl or cyclic N) is 1. The molecule has 8 heteroatoms. The van der Waals surface area contributed by atoms with Gasteiger partial charge in [0.1, 0.15) is 17.6 Å². The van der Waals surface area contributed by atoms with Crippen LogP contribution in [0.4, 0.5) is 0 Å². The number of aromatic nitrogens is 3. The number of hydrogen-bond donors (Lipinski definition) is 1. The first-order valence-electron chi connectivity index (χ1n) is 13.9. The fourth-order valence-corrected chi connectivity index (χ4v) is 5.90. The van der Waals surface area contributed by atoms with Crippen LogP contribution in [0.25, 0.3) is 27.9 Å². The second-order valence-electron chi connectivity index (χ2n) is 10.2. The third kappa shape index (κ3) is 6.30. The number of ether oxygens (including phenoxy) is 1. The first-order chi connectivity index (χ1) is 19.0. The molecule has 1 aliphatic heterocycles. The van der Waals surface area contributed by atoms with Gasteiger partial charge in [-0.3, -0.25) is 4.90 Å². The van der Waals surface area contributed by atoms with Gasteiger partial charge in [0.15, 0.2) is 21.7 Å². The molecule has 7 nitrogen and oxygen atoms in total. The smallest absolute Gasteiger partial charge is 0.190 e. The molecule has 2 atom stereocenters. The molecule has 0 amide bonds. The lowest BCUT2D eigenvalue weighted by Crippen LogP contribution is -2.44. The van der Waals surface area contributed by atoms with Crippen molar-refractivity contribution in [3.8, 4) is 28.0 Å². The molecule has 2 aliphatic rings. The Labute approximate surface area is 234 Å². The van der Waals surface area contributed by atoms with E-state index in [0.29, 0.717) is 0 Å². The summed E-state index contributed by atoms with van der Waals surface area (Å²) in [6.07, 6.45) is 11.8. The van der Waals surface area contributed by atoms with Crippen molar-refractivity contribution in [1.29, 1.82) is 0 Å². The summed E-state index contributed by atoms with van der Waals surface area (Å²) in [5.41, 5.74) is 4.87. The van der Waals surface area contributed by atoms with E-state index in [1.165, 1.54) is 0 Å². The van der Waals surface area contributed by atoms with Crippen molar-refractivity contribution in [2.75, 3.05) is 33.0 Å². The van der Waals surface area contributed by atoms with Crippen LogP contribution in [-0.2, 0) is 15.4 Å². The molecule has 1 N–H and O–H groups in total. The van der Waals surface area contributed by atoms with E-state index in [2.05, 4.69) is 52.7 Å². The zero-order valence-corrected chi connectivity index (χ0v) is 24.2. The Morgan fingerprint density at radius 1 is 1.05 bits per heavy atom. The van der Waals surface area contributed by atoms with Crippen molar-refractivity contribution < 1.29 is 14.0 Å². The van der Waals surface area contributed by atoms with Crippen LogP contribution in [-0.4, -0.2) is 69.3 Å². The van der Waals surface area contributed by atoms with Crippen molar-refractivity contribution in [2.45, 2.75) is 56.1 Å². The molecule has 1 aliphatic carbocycles. The van der Waals surface area contributed by atoms with Gasteiger partial charge in [-0.2, -0.15) is 9.28 Å². The molecule has 1 saturated carbocycles. The summed E-state index contributed by atoms with van der Waals surface area (Å²) in [5, 5.41) is 14.6. The van der Waals surface area contributed by atoms with Crippen molar-refractivity contribution in [2.24, 2.45) is 0 Å². The van der Waals surface area contributed by atoms with Crippen LogP contribution in [0.15, 0.2) is 72.0 Å². The Morgan fingerprint density at radius 2 is 1.85 bits per heavy atom. The van der Waals surface area contributed by atoms with E-state index in [1.807, 2.05) is 49.1 Å². The number of benzene rings is 2. The molecule has 0 spiro atoms. The normalized spacial score (nSPS) is 19.3. The number of hydrogen-bond acceptors (Lipinski definition) is 6. The van der Waals surface area contributed by atoms with Crippen molar-refractivity contribution in [3.63, 3.8) is 0 Å². The molecule has 2 aromatic heterocycles. The maximum atomic E-state index is 9.99. The molecule has 2 unspecified atom stereocenters. The Morgan fingerprint density at radius 3 is 2.56 bits per heavy atom. The summed E-state index contributed by atoms with van der Waals surface area (Å²) in [7, 11) is 1.73. The summed E-state index contributed by atoms with van der Waals surface area (Å²) in [4.78, 5) is 8.27. The van der Waals surface area contributed by atoms with Crippen molar-refractivity contribution in [3.05, 3.63) is 67.1 Å². The van der Waals surface area contributed by atoms with E-state index in [-0.39, 0.29) is 22.9 Å². The fraction of sp³-hybridized carbons (Fsp3) is 0.419. The minimum Gasteiger partial charge on any atom is -0.486 e. The summed E-state index contributed by atoms with van der Waals surface area (Å²) in [6.45, 7) is 6.69. The van der Waals surface area contributed by atoms with E-state index in [9.17, 15) is 5.11 Å². The number of rotatable bonds is 8. The molecule has 4 aromatic rings. The monoisotopic (exact) mass is 547 g/mol. The molecule has 1 saturated heterocycles. The molecule has 3 heterocycles. The highest BCUT2D eigenvalue weighted by Crippen LogP contribution is 2.41. The van der Waals surface area contributed by atoms with Gasteiger partial charge >= 0.3 is 0 Å². The Bertz CT molecular complexity index is 1390. The molecule has 206 valence electrons. The number of fused-ring (bicyclic) bond motifs is 1.